The Bertz CT molecular complexity index is 253. The minimum Gasteiger partial charge on any atom is -0.459 e. The minimum atomic E-state index is 0.00215. The van der Waals surface area contributed by atoms with Gasteiger partial charge in [-0.15, -0.1) is 0 Å². The zero-order valence-corrected chi connectivity index (χ0v) is 8.63. The number of carbonyl (C=O) groups excluding carboxylic acids is 1. The highest BCUT2D eigenvalue weighted by Gasteiger charge is 2.56. The van der Waals surface area contributed by atoms with Crippen LogP contribution in [0.5, 0.6) is 0 Å². The zero-order chi connectivity index (χ0) is 9.60. The number of hydrogen-bond acceptors (Lipinski definition) is 2. The summed E-state index contributed by atoms with van der Waals surface area (Å²) in [5.74, 6) is 0.963. The van der Waals surface area contributed by atoms with Crippen LogP contribution in [0.3, 0.4) is 0 Å². The first-order chi connectivity index (χ1) is 6.82. The molecule has 0 radical (unpaired) electrons. The topological polar surface area (TPSA) is 26.3 Å². The molecule has 0 amide bonds. The summed E-state index contributed by atoms with van der Waals surface area (Å²) < 4.78 is 5.72. The Kier molecular flexibility index (Phi) is 1.86. The summed E-state index contributed by atoms with van der Waals surface area (Å²) in [5.41, 5.74) is 0.00215. The van der Waals surface area contributed by atoms with Crippen molar-refractivity contribution in [3.05, 3.63) is 0 Å². The van der Waals surface area contributed by atoms with Gasteiger partial charge in [0.05, 0.1) is 5.92 Å². The van der Waals surface area contributed by atoms with Crippen molar-refractivity contribution in [1.29, 1.82) is 0 Å². The first-order valence-corrected chi connectivity index (χ1v) is 6.05. The van der Waals surface area contributed by atoms with Crippen LogP contribution in [0, 0.1) is 11.8 Å². The monoisotopic (exact) mass is 194 g/mol. The van der Waals surface area contributed by atoms with E-state index in [1.165, 1.54) is 32.1 Å². The highest BCUT2D eigenvalue weighted by Crippen LogP contribution is 2.52. The van der Waals surface area contributed by atoms with Gasteiger partial charge in [0.1, 0.15) is 5.60 Å². The first-order valence-electron chi connectivity index (χ1n) is 6.05. The summed E-state index contributed by atoms with van der Waals surface area (Å²) >= 11 is 0. The predicted octanol–water partition coefficient (Wildman–Crippen LogP) is 2.66. The number of rotatable bonds is 0. The van der Waals surface area contributed by atoms with Crippen LogP contribution < -0.4 is 0 Å². The molecule has 0 aromatic carbocycles. The van der Waals surface area contributed by atoms with Crippen molar-refractivity contribution in [2.24, 2.45) is 11.8 Å². The number of fused-ring (bicyclic) bond motifs is 2. The highest BCUT2D eigenvalue weighted by molar-refractivity contribution is 5.76. The van der Waals surface area contributed by atoms with Crippen molar-refractivity contribution in [3.8, 4) is 0 Å². The lowest BCUT2D eigenvalue weighted by Gasteiger charge is -2.32. The summed E-state index contributed by atoms with van der Waals surface area (Å²) in [5, 5.41) is 0. The first kappa shape index (κ1) is 8.75. The van der Waals surface area contributed by atoms with Gasteiger partial charge in [-0.1, -0.05) is 12.8 Å². The lowest BCUT2D eigenvalue weighted by molar-refractivity contribution is -0.150. The predicted molar refractivity (Wildman–Crippen MR) is 52.7 cm³/mol. The molecule has 2 aliphatic carbocycles. The second-order valence-corrected chi connectivity index (χ2v) is 5.19. The van der Waals surface area contributed by atoms with E-state index in [-0.39, 0.29) is 17.5 Å². The minimum absolute atomic E-state index is 0.00215. The third-order valence-corrected chi connectivity index (χ3v) is 4.50. The number of esters is 1. The number of carbonyl (C=O) groups is 1. The Morgan fingerprint density at radius 1 is 1.07 bits per heavy atom. The molecule has 2 saturated carbocycles. The molecule has 2 atom stereocenters. The molecule has 78 valence electrons. The molecule has 0 aromatic rings. The molecular weight excluding hydrogens is 176 g/mol. The van der Waals surface area contributed by atoms with Gasteiger partial charge < -0.3 is 4.74 Å². The number of hydrogen-bond donors (Lipinski definition) is 0. The normalized spacial score (nSPS) is 39.9. The van der Waals surface area contributed by atoms with E-state index < -0.39 is 0 Å². The van der Waals surface area contributed by atoms with E-state index in [2.05, 4.69) is 0 Å². The molecule has 14 heavy (non-hydrogen) atoms. The van der Waals surface area contributed by atoms with Crippen LogP contribution in [-0.4, -0.2) is 11.6 Å². The van der Waals surface area contributed by atoms with Crippen LogP contribution in [0.1, 0.15) is 51.4 Å². The second kappa shape index (κ2) is 2.98. The van der Waals surface area contributed by atoms with Crippen molar-refractivity contribution < 1.29 is 9.53 Å². The molecule has 1 saturated heterocycles. The molecule has 1 aliphatic heterocycles. The Labute approximate surface area is 85.0 Å². The van der Waals surface area contributed by atoms with Gasteiger partial charge in [0.15, 0.2) is 0 Å². The second-order valence-electron chi connectivity index (χ2n) is 5.19. The molecule has 3 fully saturated rings. The maximum Gasteiger partial charge on any atom is 0.309 e. The molecule has 1 heterocycles. The van der Waals surface area contributed by atoms with E-state index in [1.54, 1.807) is 0 Å². The van der Waals surface area contributed by atoms with E-state index >= 15 is 0 Å². The van der Waals surface area contributed by atoms with Crippen molar-refractivity contribution in [3.63, 3.8) is 0 Å². The van der Waals surface area contributed by atoms with Crippen molar-refractivity contribution in [1.82, 2.24) is 0 Å². The van der Waals surface area contributed by atoms with Gasteiger partial charge in [0.2, 0.25) is 0 Å². The Morgan fingerprint density at radius 3 is 2.57 bits per heavy atom. The van der Waals surface area contributed by atoms with Gasteiger partial charge in [-0.25, -0.2) is 0 Å². The average molecular weight is 194 g/mol. The summed E-state index contributed by atoms with van der Waals surface area (Å²) in [6.45, 7) is 0. The van der Waals surface area contributed by atoms with Crippen LogP contribution in [0.15, 0.2) is 0 Å². The maximum atomic E-state index is 11.7. The van der Waals surface area contributed by atoms with E-state index in [4.69, 9.17) is 4.74 Å². The van der Waals surface area contributed by atoms with Crippen LogP contribution in [0.2, 0.25) is 0 Å². The molecule has 0 bridgehead atoms. The molecule has 0 N–H and O–H groups in total. The Balaban J connectivity index is 1.90. The van der Waals surface area contributed by atoms with Crippen LogP contribution in [0.4, 0.5) is 0 Å². The van der Waals surface area contributed by atoms with Crippen LogP contribution in [0.25, 0.3) is 0 Å². The van der Waals surface area contributed by atoms with Gasteiger partial charge in [0, 0.05) is 5.92 Å². The third kappa shape index (κ3) is 1.06. The maximum absolute atomic E-state index is 11.7. The fourth-order valence-corrected chi connectivity index (χ4v) is 3.84. The molecule has 2 heteroatoms. The number of ether oxygens (including phenoxy) is 1. The molecule has 1 spiro atoms. The van der Waals surface area contributed by atoms with Crippen LogP contribution in [-0.2, 0) is 9.53 Å². The quantitative estimate of drug-likeness (QED) is 0.554. The van der Waals surface area contributed by atoms with Crippen molar-refractivity contribution in [2.45, 2.75) is 57.0 Å². The molecule has 2 nitrogen and oxygen atoms in total. The Hall–Kier alpha value is -0.530. The van der Waals surface area contributed by atoms with Gasteiger partial charge in [0.25, 0.3) is 0 Å². The summed E-state index contributed by atoms with van der Waals surface area (Å²) in [7, 11) is 0. The van der Waals surface area contributed by atoms with E-state index in [0.717, 1.165) is 19.3 Å². The molecular formula is C12H18O2. The standard InChI is InChI=1S/C12H18O2/c13-11-9-5-1-2-6-10(9)12(14-11)7-3-4-8-12/h9-10H,1-8H2. The van der Waals surface area contributed by atoms with Gasteiger partial charge in [-0.3, -0.25) is 4.79 Å². The molecule has 2 unspecified atom stereocenters. The smallest absolute Gasteiger partial charge is 0.309 e. The zero-order valence-electron chi connectivity index (χ0n) is 8.63. The SMILES string of the molecule is O=C1OC2(CCCC2)C2CCCCC12. The van der Waals surface area contributed by atoms with Gasteiger partial charge >= 0.3 is 5.97 Å². The van der Waals surface area contributed by atoms with Gasteiger partial charge in [-0.05, 0) is 38.5 Å². The summed E-state index contributed by atoms with van der Waals surface area (Å²) in [6.07, 6.45) is 9.65. The van der Waals surface area contributed by atoms with Crippen molar-refractivity contribution >= 4 is 5.97 Å². The third-order valence-electron chi connectivity index (χ3n) is 4.50. The molecule has 3 rings (SSSR count). The average Bonchev–Trinajstić information content (AvgIpc) is 2.77. The van der Waals surface area contributed by atoms with Gasteiger partial charge in [-0.2, -0.15) is 0 Å². The fourth-order valence-electron chi connectivity index (χ4n) is 3.84. The molecule has 0 aromatic heterocycles. The summed E-state index contributed by atoms with van der Waals surface area (Å²) in [6, 6.07) is 0. The fraction of sp³-hybridized carbons (Fsp3) is 0.917. The Morgan fingerprint density at radius 2 is 1.79 bits per heavy atom. The lowest BCUT2D eigenvalue weighted by atomic mass is 9.72. The van der Waals surface area contributed by atoms with E-state index in [0.29, 0.717) is 5.92 Å². The summed E-state index contributed by atoms with van der Waals surface area (Å²) in [4.78, 5) is 11.7. The lowest BCUT2D eigenvalue weighted by Crippen LogP contribution is -2.35. The molecule has 3 aliphatic rings. The van der Waals surface area contributed by atoms with Crippen molar-refractivity contribution in [2.75, 3.05) is 0 Å². The highest BCUT2D eigenvalue weighted by atomic mass is 16.6. The van der Waals surface area contributed by atoms with E-state index in [1.807, 2.05) is 0 Å². The largest absolute Gasteiger partial charge is 0.459 e. The van der Waals surface area contributed by atoms with Crippen LogP contribution >= 0.6 is 0 Å². The van der Waals surface area contributed by atoms with E-state index in [9.17, 15) is 4.79 Å².